The van der Waals surface area contributed by atoms with Gasteiger partial charge >= 0.3 is 0 Å². The number of aromatic nitrogens is 1. The zero-order valence-corrected chi connectivity index (χ0v) is 13.6. The van der Waals surface area contributed by atoms with E-state index in [0.717, 1.165) is 5.82 Å². The SMILES string of the molecule is CCCCCc1cc2c(c(Nc3ccccn3)c1)CCCC2. The van der Waals surface area contributed by atoms with Gasteiger partial charge in [0.05, 0.1) is 0 Å². The number of anilines is 2. The molecule has 1 aromatic heterocycles. The van der Waals surface area contributed by atoms with Crippen LogP contribution in [0.2, 0.25) is 0 Å². The van der Waals surface area contributed by atoms with Crippen LogP contribution in [0.1, 0.15) is 55.7 Å². The Balaban J connectivity index is 1.87. The van der Waals surface area contributed by atoms with Gasteiger partial charge in [-0.1, -0.05) is 31.9 Å². The van der Waals surface area contributed by atoms with E-state index in [2.05, 4.69) is 29.4 Å². The predicted octanol–water partition coefficient (Wildman–Crippen LogP) is 5.44. The largest absolute Gasteiger partial charge is 0.340 e. The van der Waals surface area contributed by atoms with Gasteiger partial charge in [-0.25, -0.2) is 4.98 Å². The monoisotopic (exact) mass is 294 g/mol. The Hall–Kier alpha value is -1.83. The first kappa shape index (κ1) is 15.1. The van der Waals surface area contributed by atoms with Gasteiger partial charge in [-0.3, -0.25) is 0 Å². The van der Waals surface area contributed by atoms with Gasteiger partial charge in [0, 0.05) is 11.9 Å². The number of hydrogen-bond acceptors (Lipinski definition) is 2. The minimum atomic E-state index is 0.945. The van der Waals surface area contributed by atoms with E-state index in [0.29, 0.717) is 0 Å². The molecular weight excluding hydrogens is 268 g/mol. The molecule has 0 fully saturated rings. The summed E-state index contributed by atoms with van der Waals surface area (Å²) < 4.78 is 0. The maximum absolute atomic E-state index is 4.42. The third-order valence-corrected chi connectivity index (χ3v) is 4.52. The first-order chi connectivity index (χ1) is 10.9. The van der Waals surface area contributed by atoms with Crippen molar-refractivity contribution in [3.8, 4) is 0 Å². The van der Waals surface area contributed by atoms with Crippen LogP contribution in [-0.2, 0) is 19.3 Å². The normalized spacial score (nSPS) is 13.7. The van der Waals surface area contributed by atoms with E-state index >= 15 is 0 Å². The fourth-order valence-corrected chi connectivity index (χ4v) is 3.34. The Kier molecular flexibility index (Phi) is 5.10. The fourth-order valence-electron chi connectivity index (χ4n) is 3.34. The van der Waals surface area contributed by atoms with Crippen molar-refractivity contribution >= 4 is 11.5 Å². The van der Waals surface area contributed by atoms with Gasteiger partial charge in [-0.05, 0) is 73.4 Å². The van der Waals surface area contributed by atoms with Crippen molar-refractivity contribution < 1.29 is 0 Å². The average molecular weight is 294 g/mol. The van der Waals surface area contributed by atoms with Gasteiger partial charge in [0.15, 0.2) is 0 Å². The molecule has 0 radical (unpaired) electrons. The van der Waals surface area contributed by atoms with Crippen molar-refractivity contribution in [1.29, 1.82) is 0 Å². The number of rotatable bonds is 6. The molecule has 0 spiro atoms. The first-order valence-corrected chi connectivity index (χ1v) is 8.69. The zero-order chi connectivity index (χ0) is 15.2. The van der Waals surface area contributed by atoms with E-state index in [1.165, 1.54) is 68.2 Å². The summed E-state index contributed by atoms with van der Waals surface area (Å²) in [4.78, 5) is 4.42. The Morgan fingerprint density at radius 3 is 2.82 bits per heavy atom. The second kappa shape index (κ2) is 7.44. The molecule has 2 aromatic rings. The summed E-state index contributed by atoms with van der Waals surface area (Å²) in [6, 6.07) is 10.8. The van der Waals surface area contributed by atoms with Crippen molar-refractivity contribution in [2.75, 3.05) is 5.32 Å². The topological polar surface area (TPSA) is 24.9 Å². The smallest absolute Gasteiger partial charge is 0.130 e. The number of benzene rings is 1. The minimum Gasteiger partial charge on any atom is -0.340 e. The number of nitrogens with zero attached hydrogens (tertiary/aromatic N) is 1. The van der Waals surface area contributed by atoms with Gasteiger partial charge in [0.1, 0.15) is 5.82 Å². The van der Waals surface area contributed by atoms with Crippen LogP contribution in [0, 0.1) is 0 Å². The van der Waals surface area contributed by atoms with Crippen molar-refractivity contribution in [1.82, 2.24) is 4.98 Å². The van der Waals surface area contributed by atoms with Gasteiger partial charge < -0.3 is 5.32 Å². The van der Waals surface area contributed by atoms with Crippen LogP contribution >= 0.6 is 0 Å². The molecule has 1 aliphatic carbocycles. The minimum absolute atomic E-state index is 0.945. The molecule has 0 atom stereocenters. The van der Waals surface area contributed by atoms with Crippen LogP contribution in [0.5, 0.6) is 0 Å². The highest BCUT2D eigenvalue weighted by Gasteiger charge is 2.15. The lowest BCUT2D eigenvalue weighted by atomic mass is 9.88. The molecule has 0 bridgehead atoms. The molecule has 2 nitrogen and oxygen atoms in total. The van der Waals surface area contributed by atoms with Crippen LogP contribution in [0.3, 0.4) is 0 Å². The van der Waals surface area contributed by atoms with Crippen LogP contribution < -0.4 is 5.32 Å². The van der Waals surface area contributed by atoms with E-state index in [1.54, 1.807) is 5.56 Å². The van der Waals surface area contributed by atoms with E-state index in [-0.39, 0.29) is 0 Å². The number of unbranched alkanes of at least 4 members (excludes halogenated alkanes) is 2. The van der Waals surface area contributed by atoms with Crippen LogP contribution in [0.15, 0.2) is 36.5 Å². The molecule has 22 heavy (non-hydrogen) atoms. The van der Waals surface area contributed by atoms with Crippen molar-refractivity contribution in [3.63, 3.8) is 0 Å². The standard InChI is InChI=1S/C20H26N2/c1-2-3-4-9-16-14-17-10-5-6-11-18(17)19(15-16)22-20-12-7-8-13-21-20/h7-8,12-15H,2-6,9-11H2,1H3,(H,21,22). The molecule has 2 heteroatoms. The first-order valence-electron chi connectivity index (χ1n) is 8.69. The highest BCUT2D eigenvalue weighted by molar-refractivity contribution is 5.64. The molecule has 1 aromatic carbocycles. The summed E-state index contributed by atoms with van der Waals surface area (Å²) >= 11 is 0. The van der Waals surface area contributed by atoms with Gasteiger partial charge in [0.2, 0.25) is 0 Å². The van der Waals surface area contributed by atoms with Crippen molar-refractivity contribution in [2.24, 2.45) is 0 Å². The molecule has 1 aliphatic rings. The van der Waals surface area contributed by atoms with Gasteiger partial charge in [-0.15, -0.1) is 0 Å². The highest BCUT2D eigenvalue weighted by atomic mass is 15.0. The highest BCUT2D eigenvalue weighted by Crippen LogP contribution is 2.31. The summed E-state index contributed by atoms with van der Waals surface area (Å²) in [5.41, 5.74) is 5.82. The predicted molar refractivity (Wildman–Crippen MR) is 93.8 cm³/mol. The summed E-state index contributed by atoms with van der Waals surface area (Å²) in [6.45, 7) is 2.26. The van der Waals surface area contributed by atoms with Crippen LogP contribution in [-0.4, -0.2) is 4.98 Å². The zero-order valence-electron chi connectivity index (χ0n) is 13.6. The fraction of sp³-hybridized carbons (Fsp3) is 0.450. The lowest BCUT2D eigenvalue weighted by Gasteiger charge is -2.22. The third kappa shape index (κ3) is 3.68. The van der Waals surface area contributed by atoms with E-state index in [1.807, 2.05) is 24.4 Å². The molecule has 0 saturated heterocycles. The number of fused-ring (bicyclic) bond motifs is 1. The van der Waals surface area contributed by atoms with Crippen LogP contribution in [0.4, 0.5) is 11.5 Å². The summed E-state index contributed by atoms with van der Waals surface area (Å²) in [6.07, 6.45) is 12.0. The maximum Gasteiger partial charge on any atom is 0.130 e. The van der Waals surface area contributed by atoms with Gasteiger partial charge in [-0.2, -0.15) is 0 Å². The number of pyridine rings is 1. The second-order valence-electron chi connectivity index (χ2n) is 6.29. The maximum atomic E-state index is 4.42. The quantitative estimate of drug-likeness (QED) is 0.718. The molecule has 0 unspecified atom stereocenters. The molecule has 0 amide bonds. The molecule has 0 aliphatic heterocycles. The lowest BCUT2D eigenvalue weighted by Crippen LogP contribution is -2.08. The van der Waals surface area contributed by atoms with Crippen molar-refractivity contribution in [2.45, 2.75) is 58.3 Å². The molecule has 116 valence electrons. The molecular formula is C20H26N2. The van der Waals surface area contributed by atoms with E-state index < -0.39 is 0 Å². The number of nitrogens with one attached hydrogen (secondary N) is 1. The Morgan fingerprint density at radius 1 is 1.09 bits per heavy atom. The molecule has 0 saturated carbocycles. The third-order valence-electron chi connectivity index (χ3n) is 4.52. The lowest BCUT2D eigenvalue weighted by molar-refractivity contribution is 0.681. The summed E-state index contributed by atoms with van der Waals surface area (Å²) in [5, 5.41) is 3.55. The Bertz CT molecular complexity index is 605. The van der Waals surface area contributed by atoms with E-state index in [9.17, 15) is 0 Å². The van der Waals surface area contributed by atoms with Crippen LogP contribution in [0.25, 0.3) is 0 Å². The Morgan fingerprint density at radius 2 is 2.00 bits per heavy atom. The molecule has 1 N–H and O–H groups in total. The molecule has 3 rings (SSSR count). The summed E-state index contributed by atoms with van der Waals surface area (Å²) in [7, 11) is 0. The average Bonchev–Trinajstić information content (AvgIpc) is 2.56. The second-order valence-corrected chi connectivity index (χ2v) is 6.29. The number of aryl methyl sites for hydroxylation is 2. The van der Waals surface area contributed by atoms with E-state index in [4.69, 9.17) is 0 Å². The Labute approximate surface area is 134 Å². The van der Waals surface area contributed by atoms with Crippen molar-refractivity contribution in [3.05, 3.63) is 53.2 Å². The number of hydrogen-bond donors (Lipinski definition) is 1. The van der Waals surface area contributed by atoms with Gasteiger partial charge in [0.25, 0.3) is 0 Å². The molecule has 1 heterocycles. The summed E-state index contributed by atoms with van der Waals surface area (Å²) in [5.74, 6) is 0.945.